The van der Waals surface area contributed by atoms with Crippen molar-refractivity contribution in [2.24, 2.45) is 0 Å². The Morgan fingerprint density at radius 1 is 1.53 bits per heavy atom. The quantitative estimate of drug-likeness (QED) is 0.827. The van der Waals surface area contributed by atoms with E-state index in [4.69, 9.17) is 5.11 Å². The summed E-state index contributed by atoms with van der Waals surface area (Å²) in [5, 5.41) is 8.61. The van der Waals surface area contributed by atoms with Gasteiger partial charge in [0.2, 0.25) is 0 Å². The third-order valence-corrected chi connectivity index (χ3v) is 1.61. The summed E-state index contributed by atoms with van der Waals surface area (Å²) in [5.41, 5.74) is -1.91. The zero-order valence-electron chi connectivity index (χ0n) is 7.50. The Balaban J connectivity index is 3.42. The van der Waals surface area contributed by atoms with Crippen LogP contribution < -0.4 is 4.74 Å². The Labute approximate surface area is 82.3 Å². The third-order valence-electron chi connectivity index (χ3n) is 1.61. The minimum atomic E-state index is -4.74. The fourth-order valence-electron chi connectivity index (χ4n) is 1.03. The molecule has 0 aromatic carbocycles. The molecule has 0 aliphatic heterocycles. The molecule has 0 saturated heterocycles. The molecule has 0 amide bonds. The SMILES string of the molecule is COc1c(C(=O)O)ccnc1C(F)(F)F. The van der Waals surface area contributed by atoms with Crippen molar-refractivity contribution in [3.63, 3.8) is 0 Å². The van der Waals surface area contributed by atoms with Gasteiger partial charge in [0.15, 0.2) is 11.4 Å². The summed E-state index contributed by atoms with van der Waals surface area (Å²) in [4.78, 5) is 13.6. The van der Waals surface area contributed by atoms with Crippen molar-refractivity contribution in [3.05, 3.63) is 23.5 Å². The molecular weight excluding hydrogens is 215 g/mol. The van der Waals surface area contributed by atoms with Crippen molar-refractivity contribution in [1.82, 2.24) is 4.98 Å². The molecule has 1 rings (SSSR count). The number of aromatic nitrogens is 1. The number of nitrogens with zero attached hydrogens (tertiary/aromatic N) is 1. The molecule has 0 fully saturated rings. The van der Waals surface area contributed by atoms with Gasteiger partial charge in [-0.1, -0.05) is 0 Å². The van der Waals surface area contributed by atoms with Crippen molar-refractivity contribution >= 4 is 5.97 Å². The van der Waals surface area contributed by atoms with E-state index in [-0.39, 0.29) is 0 Å². The van der Waals surface area contributed by atoms with E-state index in [1.165, 1.54) is 0 Å². The molecule has 0 atom stereocenters. The molecule has 7 heteroatoms. The number of carbonyl (C=O) groups is 1. The standard InChI is InChI=1S/C8H6F3NO3/c1-15-5-4(7(13)14)2-3-12-6(5)8(9,10)11/h2-3H,1H3,(H,13,14). The largest absolute Gasteiger partial charge is 0.494 e. The molecular formula is C8H6F3NO3. The van der Waals surface area contributed by atoms with Crippen LogP contribution in [0.25, 0.3) is 0 Å². The molecule has 0 saturated carbocycles. The normalized spacial score (nSPS) is 11.2. The fraction of sp³-hybridized carbons (Fsp3) is 0.250. The van der Waals surface area contributed by atoms with Gasteiger partial charge in [0.05, 0.1) is 7.11 Å². The number of carboxylic acids is 1. The second-order valence-electron chi connectivity index (χ2n) is 2.54. The van der Waals surface area contributed by atoms with Crippen LogP contribution in [-0.4, -0.2) is 23.2 Å². The van der Waals surface area contributed by atoms with E-state index in [9.17, 15) is 18.0 Å². The first kappa shape index (κ1) is 11.3. The minimum Gasteiger partial charge on any atom is -0.494 e. The van der Waals surface area contributed by atoms with Gasteiger partial charge in [0, 0.05) is 6.20 Å². The highest BCUT2D eigenvalue weighted by Crippen LogP contribution is 2.36. The molecule has 0 spiro atoms. The Kier molecular flexibility index (Phi) is 2.83. The van der Waals surface area contributed by atoms with Crippen molar-refractivity contribution in [2.45, 2.75) is 6.18 Å². The van der Waals surface area contributed by atoms with E-state index in [0.717, 1.165) is 19.4 Å². The van der Waals surface area contributed by atoms with Gasteiger partial charge < -0.3 is 9.84 Å². The van der Waals surface area contributed by atoms with Crippen molar-refractivity contribution in [3.8, 4) is 5.75 Å². The average Bonchev–Trinajstić information content (AvgIpc) is 2.15. The van der Waals surface area contributed by atoms with Gasteiger partial charge in [-0.3, -0.25) is 0 Å². The predicted octanol–water partition coefficient (Wildman–Crippen LogP) is 1.81. The Morgan fingerprint density at radius 3 is 2.53 bits per heavy atom. The van der Waals surface area contributed by atoms with Gasteiger partial charge in [-0.15, -0.1) is 0 Å². The van der Waals surface area contributed by atoms with Gasteiger partial charge in [0.1, 0.15) is 5.56 Å². The minimum absolute atomic E-state index is 0.570. The molecule has 0 aliphatic carbocycles. The maximum absolute atomic E-state index is 12.3. The summed E-state index contributed by atoms with van der Waals surface area (Å²) in [6.07, 6.45) is -3.97. The lowest BCUT2D eigenvalue weighted by Crippen LogP contribution is -2.13. The number of hydrogen-bond acceptors (Lipinski definition) is 3. The van der Waals surface area contributed by atoms with Crippen molar-refractivity contribution in [1.29, 1.82) is 0 Å². The van der Waals surface area contributed by atoms with Gasteiger partial charge in [0.25, 0.3) is 0 Å². The molecule has 0 radical (unpaired) electrons. The van der Waals surface area contributed by atoms with Crippen molar-refractivity contribution in [2.75, 3.05) is 7.11 Å². The Bertz CT molecular complexity index is 389. The van der Waals surface area contributed by atoms with Gasteiger partial charge in [-0.2, -0.15) is 13.2 Å². The lowest BCUT2D eigenvalue weighted by Gasteiger charge is -2.11. The third kappa shape index (κ3) is 2.17. The molecule has 1 N–H and O–H groups in total. The maximum Gasteiger partial charge on any atom is 0.437 e. The molecule has 1 aromatic rings. The maximum atomic E-state index is 12.3. The van der Waals surface area contributed by atoms with Gasteiger partial charge in [-0.05, 0) is 6.07 Å². The first-order chi connectivity index (χ1) is 6.88. The van der Waals surface area contributed by atoms with E-state index >= 15 is 0 Å². The summed E-state index contributed by atoms with van der Waals surface area (Å²) in [7, 11) is 0.957. The molecule has 4 nitrogen and oxygen atoms in total. The summed E-state index contributed by atoms with van der Waals surface area (Å²) < 4.78 is 41.4. The number of aromatic carboxylic acids is 1. The zero-order valence-corrected chi connectivity index (χ0v) is 7.50. The lowest BCUT2D eigenvalue weighted by atomic mass is 10.2. The topological polar surface area (TPSA) is 59.4 Å². The molecule has 1 aromatic heterocycles. The van der Waals surface area contributed by atoms with Crippen molar-refractivity contribution < 1.29 is 27.8 Å². The van der Waals surface area contributed by atoms with E-state index in [2.05, 4.69) is 9.72 Å². The van der Waals surface area contributed by atoms with Crippen LogP contribution in [0.3, 0.4) is 0 Å². The number of carboxylic acid groups (broad SMARTS) is 1. The number of alkyl halides is 3. The summed E-state index contributed by atoms with van der Waals surface area (Å²) in [5.74, 6) is -2.28. The number of halogens is 3. The molecule has 82 valence electrons. The average molecular weight is 221 g/mol. The van der Waals surface area contributed by atoms with Crippen LogP contribution in [0.15, 0.2) is 12.3 Å². The van der Waals surface area contributed by atoms with E-state index in [1.54, 1.807) is 0 Å². The van der Waals surface area contributed by atoms with Gasteiger partial charge >= 0.3 is 12.1 Å². The molecule has 0 aliphatic rings. The monoisotopic (exact) mass is 221 g/mol. The van der Waals surface area contributed by atoms with Crippen LogP contribution in [0.4, 0.5) is 13.2 Å². The first-order valence-corrected chi connectivity index (χ1v) is 3.71. The zero-order chi connectivity index (χ0) is 11.6. The highest BCUT2D eigenvalue weighted by Gasteiger charge is 2.38. The molecule has 0 unspecified atom stereocenters. The molecule has 0 bridgehead atoms. The summed E-state index contributed by atoms with van der Waals surface area (Å²) >= 11 is 0. The van der Waals surface area contributed by atoms with Crippen LogP contribution in [0, 0.1) is 0 Å². The van der Waals surface area contributed by atoms with Gasteiger partial charge in [-0.25, -0.2) is 9.78 Å². The predicted molar refractivity (Wildman–Crippen MR) is 42.8 cm³/mol. The molecule has 15 heavy (non-hydrogen) atoms. The number of pyridine rings is 1. The lowest BCUT2D eigenvalue weighted by molar-refractivity contribution is -0.142. The fourth-order valence-corrected chi connectivity index (χ4v) is 1.03. The number of rotatable bonds is 2. The number of hydrogen-bond donors (Lipinski definition) is 1. The molecule has 1 heterocycles. The number of ether oxygens (including phenoxy) is 1. The van der Waals surface area contributed by atoms with Crippen LogP contribution in [0.5, 0.6) is 5.75 Å². The van der Waals surface area contributed by atoms with Crippen LogP contribution >= 0.6 is 0 Å². The Hall–Kier alpha value is -1.79. The highest BCUT2D eigenvalue weighted by molar-refractivity contribution is 5.91. The first-order valence-electron chi connectivity index (χ1n) is 3.71. The number of methoxy groups -OCH3 is 1. The highest BCUT2D eigenvalue weighted by atomic mass is 19.4. The van der Waals surface area contributed by atoms with E-state index in [0.29, 0.717) is 0 Å². The smallest absolute Gasteiger partial charge is 0.437 e. The van der Waals surface area contributed by atoms with Crippen LogP contribution in [-0.2, 0) is 6.18 Å². The van der Waals surface area contributed by atoms with Crippen LogP contribution in [0.2, 0.25) is 0 Å². The second-order valence-corrected chi connectivity index (χ2v) is 2.54. The van der Waals surface area contributed by atoms with E-state index in [1.807, 2.05) is 0 Å². The summed E-state index contributed by atoms with van der Waals surface area (Å²) in [6, 6.07) is 0.941. The second kappa shape index (κ2) is 3.76. The Morgan fingerprint density at radius 2 is 2.13 bits per heavy atom. The van der Waals surface area contributed by atoms with E-state index < -0.39 is 29.2 Å². The van der Waals surface area contributed by atoms with Crippen LogP contribution in [0.1, 0.15) is 16.1 Å². The summed E-state index contributed by atoms with van der Waals surface area (Å²) in [6.45, 7) is 0.